The van der Waals surface area contributed by atoms with E-state index in [2.05, 4.69) is 10.3 Å². The minimum Gasteiger partial charge on any atom is -0.494 e. The summed E-state index contributed by atoms with van der Waals surface area (Å²) in [5.74, 6) is 0.767. The topological polar surface area (TPSA) is 86.4 Å². The first-order valence-electron chi connectivity index (χ1n) is 8.60. The number of para-hydroxylation sites is 1. The zero-order valence-corrected chi connectivity index (χ0v) is 15.3. The van der Waals surface area contributed by atoms with E-state index in [1.165, 1.54) is 17.9 Å². The van der Waals surface area contributed by atoms with E-state index < -0.39 is 5.91 Å². The lowest BCUT2D eigenvalue weighted by molar-refractivity contribution is 0.0996. The van der Waals surface area contributed by atoms with E-state index in [-0.39, 0.29) is 11.3 Å². The van der Waals surface area contributed by atoms with E-state index in [1.807, 2.05) is 12.1 Å². The number of carbonyl (C=O) groups excluding carboxylic acids is 1. The predicted octanol–water partition coefficient (Wildman–Crippen LogP) is 3.55. The van der Waals surface area contributed by atoms with Crippen molar-refractivity contribution in [3.05, 3.63) is 82.8 Å². The summed E-state index contributed by atoms with van der Waals surface area (Å²) in [5, 5.41) is 3.27. The van der Waals surface area contributed by atoms with E-state index >= 15 is 0 Å². The van der Waals surface area contributed by atoms with Gasteiger partial charge < -0.3 is 14.5 Å². The Balaban J connectivity index is 1.77. The van der Waals surface area contributed by atoms with Crippen LogP contribution >= 0.6 is 0 Å². The van der Waals surface area contributed by atoms with Crippen molar-refractivity contribution in [2.75, 3.05) is 12.4 Å². The highest BCUT2D eigenvalue weighted by Gasteiger charge is 2.15. The number of hydrogen-bond donors (Lipinski definition) is 1. The number of aromatic nitrogens is 2. The minimum absolute atomic E-state index is 0.169. The fraction of sp³-hybridized carbons (Fsp3) is 0.0952. The summed E-state index contributed by atoms with van der Waals surface area (Å²) in [7, 11) is 1.50. The Bertz CT molecular complexity index is 1230. The smallest absolute Gasteiger partial charge is 0.291 e. The summed E-state index contributed by atoms with van der Waals surface area (Å²) in [6, 6.07) is 15.5. The molecule has 0 aliphatic heterocycles. The van der Waals surface area contributed by atoms with Crippen molar-refractivity contribution >= 4 is 22.5 Å². The van der Waals surface area contributed by atoms with Gasteiger partial charge in [-0.05, 0) is 43.3 Å². The molecule has 1 N–H and O–H groups in total. The zero-order chi connectivity index (χ0) is 19.7. The molecule has 2 heterocycles. The SMILES string of the molecule is COc1cc(-n2c(C)nc3ccccc3c2=O)ccc1NC(=O)c1ccco1. The number of nitrogens with one attached hydrogen (secondary N) is 1. The molecule has 140 valence electrons. The average molecular weight is 375 g/mol. The third kappa shape index (κ3) is 3.03. The Hall–Kier alpha value is -3.87. The quantitative estimate of drug-likeness (QED) is 0.589. The normalized spacial score (nSPS) is 10.8. The molecule has 0 unspecified atom stereocenters. The minimum atomic E-state index is -0.392. The van der Waals surface area contributed by atoms with Crippen LogP contribution in [0.15, 0.2) is 70.1 Å². The van der Waals surface area contributed by atoms with E-state index in [9.17, 15) is 9.59 Å². The molecule has 0 fully saturated rings. The summed E-state index contributed by atoms with van der Waals surface area (Å²) in [6.07, 6.45) is 1.43. The molecule has 0 radical (unpaired) electrons. The molecule has 2 aromatic heterocycles. The van der Waals surface area contributed by atoms with E-state index in [0.29, 0.717) is 33.9 Å². The van der Waals surface area contributed by atoms with E-state index in [0.717, 1.165) is 0 Å². The van der Waals surface area contributed by atoms with Crippen LogP contribution in [0, 0.1) is 6.92 Å². The first-order chi connectivity index (χ1) is 13.6. The number of amides is 1. The van der Waals surface area contributed by atoms with Crippen molar-refractivity contribution < 1.29 is 13.9 Å². The Morgan fingerprint density at radius 2 is 1.96 bits per heavy atom. The monoisotopic (exact) mass is 375 g/mol. The Labute approximate surface area is 160 Å². The molecule has 0 spiro atoms. The third-order valence-corrected chi connectivity index (χ3v) is 4.38. The zero-order valence-electron chi connectivity index (χ0n) is 15.3. The summed E-state index contributed by atoms with van der Waals surface area (Å²) in [4.78, 5) is 29.7. The lowest BCUT2D eigenvalue weighted by atomic mass is 10.2. The van der Waals surface area contributed by atoms with Crippen LogP contribution in [0.3, 0.4) is 0 Å². The van der Waals surface area contributed by atoms with Gasteiger partial charge in [0.05, 0.1) is 35.7 Å². The molecular formula is C21H17N3O4. The van der Waals surface area contributed by atoms with Crippen LogP contribution in [-0.4, -0.2) is 22.6 Å². The van der Waals surface area contributed by atoms with Gasteiger partial charge in [-0.25, -0.2) is 4.98 Å². The highest BCUT2D eigenvalue weighted by atomic mass is 16.5. The number of furan rings is 1. The van der Waals surface area contributed by atoms with Gasteiger partial charge in [0, 0.05) is 6.07 Å². The van der Waals surface area contributed by atoms with Gasteiger partial charge in [-0.15, -0.1) is 0 Å². The van der Waals surface area contributed by atoms with Crippen molar-refractivity contribution in [3.8, 4) is 11.4 Å². The van der Waals surface area contributed by atoms with Gasteiger partial charge in [-0.3, -0.25) is 14.2 Å². The summed E-state index contributed by atoms with van der Waals surface area (Å²) in [6.45, 7) is 1.77. The number of nitrogens with zero attached hydrogens (tertiary/aromatic N) is 2. The highest BCUT2D eigenvalue weighted by molar-refractivity contribution is 6.03. The number of benzene rings is 2. The number of anilines is 1. The fourth-order valence-electron chi connectivity index (χ4n) is 3.06. The Morgan fingerprint density at radius 1 is 1.14 bits per heavy atom. The second-order valence-corrected chi connectivity index (χ2v) is 6.13. The lowest BCUT2D eigenvalue weighted by Crippen LogP contribution is -2.22. The van der Waals surface area contributed by atoms with Gasteiger partial charge in [0.2, 0.25) is 0 Å². The van der Waals surface area contributed by atoms with Crippen LogP contribution < -0.4 is 15.6 Å². The third-order valence-electron chi connectivity index (χ3n) is 4.38. The maximum atomic E-state index is 13.0. The van der Waals surface area contributed by atoms with Crippen LogP contribution in [0.2, 0.25) is 0 Å². The second kappa shape index (κ2) is 7.03. The number of hydrogen-bond acceptors (Lipinski definition) is 5. The predicted molar refractivity (Wildman–Crippen MR) is 105 cm³/mol. The molecule has 0 saturated heterocycles. The molecule has 7 nitrogen and oxygen atoms in total. The molecule has 28 heavy (non-hydrogen) atoms. The number of methoxy groups -OCH3 is 1. The van der Waals surface area contributed by atoms with Gasteiger partial charge in [0.1, 0.15) is 11.6 Å². The summed E-state index contributed by atoms with van der Waals surface area (Å²) in [5.41, 5.74) is 1.54. The van der Waals surface area contributed by atoms with Crippen molar-refractivity contribution in [2.45, 2.75) is 6.92 Å². The Kier molecular flexibility index (Phi) is 4.41. The molecule has 0 atom stereocenters. The average Bonchev–Trinajstić information content (AvgIpc) is 3.24. The van der Waals surface area contributed by atoms with Crippen LogP contribution in [-0.2, 0) is 0 Å². The molecule has 0 aliphatic rings. The number of ether oxygens (including phenoxy) is 1. The van der Waals surface area contributed by atoms with Gasteiger partial charge in [-0.2, -0.15) is 0 Å². The molecule has 4 aromatic rings. The maximum absolute atomic E-state index is 13.0. The largest absolute Gasteiger partial charge is 0.494 e. The van der Waals surface area contributed by atoms with Gasteiger partial charge in [0.15, 0.2) is 5.76 Å². The van der Waals surface area contributed by atoms with Crippen LogP contribution in [0.5, 0.6) is 5.75 Å². The second-order valence-electron chi connectivity index (χ2n) is 6.13. The summed E-state index contributed by atoms with van der Waals surface area (Å²) < 4.78 is 12.0. The molecule has 7 heteroatoms. The number of rotatable bonds is 4. The highest BCUT2D eigenvalue weighted by Crippen LogP contribution is 2.28. The van der Waals surface area contributed by atoms with Crippen molar-refractivity contribution in [3.63, 3.8) is 0 Å². The van der Waals surface area contributed by atoms with Gasteiger partial charge in [-0.1, -0.05) is 12.1 Å². The molecule has 2 aromatic carbocycles. The Morgan fingerprint density at radius 3 is 2.71 bits per heavy atom. The molecule has 0 aliphatic carbocycles. The van der Waals surface area contributed by atoms with E-state index in [4.69, 9.17) is 9.15 Å². The first-order valence-corrected chi connectivity index (χ1v) is 8.60. The van der Waals surface area contributed by atoms with Gasteiger partial charge >= 0.3 is 0 Å². The molecule has 4 rings (SSSR count). The van der Waals surface area contributed by atoms with E-state index in [1.54, 1.807) is 49.4 Å². The van der Waals surface area contributed by atoms with Gasteiger partial charge in [0.25, 0.3) is 11.5 Å². The van der Waals surface area contributed by atoms with Crippen LogP contribution in [0.1, 0.15) is 16.4 Å². The number of aryl methyl sites for hydroxylation is 1. The molecule has 0 bridgehead atoms. The molecular weight excluding hydrogens is 358 g/mol. The fourth-order valence-corrected chi connectivity index (χ4v) is 3.06. The first kappa shape index (κ1) is 17.5. The van der Waals surface area contributed by atoms with Crippen LogP contribution in [0.4, 0.5) is 5.69 Å². The molecule has 1 amide bonds. The maximum Gasteiger partial charge on any atom is 0.291 e. The number of carbonyl (C=O) groups is 1. The lowest BCUT2D eigenvalue weighted by Gasteiger charge is -2.14. The summed E-state index contributed by atoms with van der Waals surface area (Å²) >= 11 is 0. The van der Waals surface area contributed by atoms with Crippen LogP contribution in [0.25, 0.3) is 16.6 Å². The molecule has 0 saturated carbocycles. The standard InChI is InChI=1S/C21H17N3O4/c1-13-22-16-7-4-3-6-15(16)21(26)24(13)14-9-10-17(19(12-14)27-2)23-20(25)18-8-5-11-28-18/h3-12H,1-2H3,(H,23,25). The van der Waals surface area contributed by atoms with Crippen molar-refractivity contribution in [2.24, 2.45) is 0 Å². The van der Waals surface area contributed by atoms with Crippen molar-refractivity contribution in [1.29, 1.82) is 0 Å². The number of fused-ring (bicyclic) bond motifs is 1. The van der Waals surface area contributed by atoms with Crippen molar-refractivity contribution in [1.82, 2.24) is 9.55 Å².